The van der Waals surface area contributed by atoms with Gasteiger partial charge in [-0.2, -0.15) is 5.26 Å². The number of anilines is 1. The molecule has 0 saturated heterocycles. The van der Waals surface area contributed by atoms with E-state index in [4.69, 9.17) is 5.26 Å². The smallest absolute Gasteiger partial charge is 0.419 e. The molecular weight excluding hydrogens is 204 g/mol. The SMILES string of the molecule is COC(=O)N1C(C#N)=CCc2ccccc21. The highest BCUT2D eigenvalue weighted by Crippen LogP contribution is 2.29. The highest BCUT2D eigenvalue weighted by molar-refractivity contribution is 5.94. The van der Waals surface area contributed by atoms with Crippen LogP contribution in [-0.2, 0) is 11.2 Å². The third-order valence-electron chi connectivity index (χ3n) is 2.46. The van der Waals surface area contributed by atoms with Crippen molar-refractivity contribution < 1.29 is 9.53 Å². The molecular formula is C12H10N2O2. The van der Waals surface area contributed by atoms with Gasteiger partial charge in [-0.3, -0.25) is 0 Å². The van der Waals surface area contributed by atoms with Crippen LogP contribution in [0.4, 0.5) is 10.5 Å². The first-order chi connectivity index (χ1) is 7.77. The molecule has 0 saturated carbocycles. The van der Waals surface area contributed by atoms with Crippen molar-refractivity contribution in [2.24, 2.45) is 0 Å². The first-order valence-corrected chi connectivity index (χ1v) is 4.84. The zero-order valence-electron chi connectivity index (χ0n) is 8.80. The summed E-state index contributed by atoms with van der Waals surface area (Å²) in [6, 6.07) is 9.46. The summed E-state index contributed by atoms with van der Waals surface area (Å²) in [5.74, 6) is 0. The van der Waals surface area contributed by atoms with E-state index >= 15 is 0 Å². The monoisotopic (exact) mass is 214 g/mol. The summed E-state index contributed by atoms with van der Waals surface area (Å²) in [7, 11) is 1.30. The molecule has 0 fully saturated rings. The summed E-state index contributed by atoms with van der Waals surface area (Å²) in [4.78, 5) is 12.9. The van der Waals surface area contributed by atoms with Crippen LogP contribution in [0.1, 0.15) is 5.56 Å². The molecule has 0 N–H and O–H groups in total. The lowest BCUT2D eigenvalue weighted by molar-refractivity contribution is 0.180. The third-order valence-corrected chi connectivity index (χ3v) is 2.46. The molecule has 0 aliphatic carbocycles. The van der Waals surface area contributed by atoms with Gasteiger partial charge in [-0.1, -0.05) is 18.2 Å². The number of fused-ring (bicyclic) bond motifs is 1. The van der Waals surface area contributed by atoms with Crippen molar-refractivity contribution in [2.75, 3.05) is 12.0 Å². The lowest BCUT2D eigenvalue weighted by Gasteiger charge is -2.25. The maximum Gasteiger partial charge on any atom is 0.419 e. The number of para-hydroxylation sites is 1. The standard InChI is InChI=1S/C12H10N2O2/c1-16-12(15)14-10(8-13)7-6-9-4-2-3-5-11(9)14/h2-5,7H,6H2,1H3. The fraction of sp³-hybridized carbons (Fsp3) is 0.167. The number of methoxy groups -OCH3 is 1. The number of benzene rings is 1. The van der Waals surface area contributed by atoms with Gasteiger partial charge in [0.1, 0.15) is 11.8 Å². The summed E-state index contributed by atoms with van der Waals surface area (Å²) in [6.07, 6.45) is 1.84. The zero-order valence-corrected chi connectivity index (χ0v) is 8.80. The van der Waals surface area contributed by atoms with Gasteiger partial charge in [0.2, 0.25) is 0 Å². The van der Waals surface area contributed by atoms with E-state index < -0.39 is 6.09 Å². The number of carbonyl (C=O) groups excluding carboxylic acids is 1. The van der Waals surface area contributed by atoms with Crippen LogP contribution < -0.4 is 4.90 Å². The highest BCUT2D eigenvalue weighted by atomic mass is 16.5. The van der Waals surface area contributed by atoms with Crippen molar-refractivity contribution in [3.8, 4) is 6.07 Å². The van der Waals surface area contributed by atoms with Crippen LogP contribution in [0.5, 0.6) is 0 Å². The van der Waals surface area contributed by atoms with E-state index in [2.05, 4.69) is 4.74 Å². The van der Waals surface area contributed by atoms with Gasteiger partial charge >= 0.3 is 6.09 Å². The second-order valence-corrected chi connectivity index (χ2v) is 3.34. The van der Waals surface area contributed by atoms with E-state index in [1.165, 1.54) is 12.0 Å². The predicted molar refractivity (Wildman–Crippen MR) is 58.7 cm³/mol. The Morgan fingerprint density at radius 3 is 2.94 bits per heavy atom. The van der Waals surface area contributed by atoms with Crippen molar-refractivity contribution in [3.05, 3.63) is 41.6 Å². The number of rotatable bonds is 0. The van der Waals surface area contributed by atoms with Crippen LogP contribution in [0.25, 0.3) is 0 Å². The molecule has 1 aromatic carbocycles. The van der Waals surface area contributed by atoms with Gasteiger partial charge in [0.05, 0.1) is 12.8 Å². The fourth-order valence-electron chi connectivity index (χ4n) is 1.71. The van der Waals surface area contributed by atoms with Crippen molar-refractivity contribution in [1.29, 1.82) is 5.26 Å². The Balaban J connectivity index is 2.51. The molecule has 1 amide bonds. The minimum Gasteiger partial charge on any atom is -0.452 e. The van der Waals surface area contributed by atoms with E-state index in [1.54, 1.807) is 12.1 Å². The van der Waals surface area contributed by atoms with Crippen molar-refractivity contribution in [3.63, 3.8) is 0 Å². The second-order valence-electron chi connectivity index (χ2n) is 3.34. The zero-order chi connectivity index (χ0) is 11.5. The molecule has 1 aromatic rings. The molecule has 4 heteroatoms. The van der Waals surface area contributed by atoms with E-state index in [9.17, 15) is 4.79 Å². The summed E-state index contributed by atoms with van der Waals surface area (Å²) < 4.78 is 4.67. The average Bonchev–Trinajstić information content (AvgIpc) is 2.36. The molecule has 0 atom stereocenters. The number of hydrogen-bond donors (Lipinski definition) is 0. The number of carbonyl (C=O) groups is 1. The van der Waals surface area contributed by atoms with Gasteiger partial charge in [-0.05, 0) is 24.1 Å². The predicted octanol–water partition coefficient (Wildman–Crippen LogP) is 2.22. The Bertz CT molecular complexity index is 500. The van der Waals surface area contributed by atoms with Crippen LogP contribution in [0.15, 0.2) is 36.0 Å². The molecule has 0 unspecified atom stereocenters. The number of ether oxygens (including phenoxy) is 1. The van der Waals surface area contributed by atoms with Crippen LogP contribution in [-0.4, -0.2) is 13.2 Å². The molecule has 0 aromatic heterocycles. The maximum absolute atomic E-state index is 11.6. The minimum absolute atomic E-state index is 0.311. The van der Waals surface area contributed by atoms with E-state index in [0.717, 1.165) is 5.56 Å². The summed E-state index contributed by atoms with van der Waals surface area (Å²) >= 11 is 0. The Morgan fingerprint density at radius 1 is 1.50 bits per heavy atom. The number of nitriles is 1. The molecule has 16 heavy (non-hydrogen) atoms. The van der Waals surface area contributed by atoms with Gasteiger partial charge in [-0.25, -0.2) is 9.69 Å². The van der Waals surface area contributed by atoms with Gasteiger partial charge in [-0.15, -0.1) is 0 Å². The van der Waals surface area contributed by atoms with Gasteiger partial charge < -0.3 is 4.74 Å². The summed E-state index contributed by atoms with van der Waals surface area (Å²) in [5.41, 5.74) is 2.03. The first kappa shape index (κ1) is 10.2. The number of nitrogens with zero attached hydrogens (tertiary/aromatic N) is 2. The van der Waals surface area contributed by atoms with Crippen LogP contribution >= 0.6 is 0 Å². The fourth-order valence-corrected chi connectivity index (χ4v) is 1.71. The van der Waals surface area contributed by atoms with E-state index in [1.807, 2.05) is 24.3 Å². The van der Waals surface area contributed by atoms with Crippen LogP contribution in [0.3, 0.4) is 0 Å². The Labute approximate surface area is 93.4 Å². The molecule has 0 spiro atoms. The highest BCUT2D eigenvalue weighted by Gasteiger charge is 2.25. The lowest BCUT2D eigenvalue weighted by atomic mass is 10.0. The first-order valence-electron chi connectivity index (χ1n) is 4.84. The Morgan fingerprint density at radius 2 is 2.25 bits per heavy atom. The third kappa shape index (κ3) is 1.52. The molecule has 1 aliphatic heterocycles. The van der Waals surface area contributed by atoms with Crippen molar-refractivity contribution >= 4 is 11.8 Å². The minimum atomic E-state index is -0.542. The molecule has 0 radical (unpaired) electrons. The van der Waals surface area contributed by atoms with Gasteiger partial charge in [0.15, 0.2) is 0 Å². The summed E-state index contributed by atoms with van der Waals surface area (Å²) in [6.45, 7) is 0. The molecule has 2 rings (SSSR count). The largest absolute Gasteiger partial charge is 0.452 e. The normalized spacial score (nSPS) is 13.5. The van der Waals surface area contributed by atoms with Gasteiger partial charge in [0, 0.05) is 0 Å². The lowest BCUT2D eigenvalue weighted by Crippen LogP contribution is -2.32. The Hall–Kier alpha value is -2.28. The maximum atomic E-state index is 11.6. The second kappa shape index (κ2) is 4.07. The van der Waals surface area contributed by atoms with Crippen LogP contribution in [0.2, 0.25) is 0 Å². The van der Waals surface area contributed by atoms with Gasteiger partial charge in [0.25, 0.3) is 0 Å². The van der Waals surface area contributed by atoms with E-state index in [0.29, 0.717) is 17.8 Å². The molecule has 1 aliphatic rings. The molecule has 80 valence electrons. The van der Waals surface area contributed by atoms with Crippen LogP contribution in [0, 0.1) is 11.3 Å². The summed E-state index contributed by atoms with van der Waals surface area (Å²) in [5, 5.41) is 8.96. The van der Waals surface area contributed by atoms with Crippen molar-refractivity contribution in [1.82, 2.24) is 0 Å². The number of hydrogen-bond acceptors (Lipinski definition) is 3. The van der Waals surface area contributed by atoms with E-state index in [-0.39, 0.29) is 0 Å². The van der Waals surface area contributed by atoms with Crippen molar-refractivity contribution in [2.45, 2.75) is 6.42 Å². The molecule has 4 nitrogen and oxygen atoms in total. The average molecular weight is 214 g/mol. The molecule has 1 heterocycles. The topological polar surface area (TPSA) is 53.3 Å². The Kier molecular flexibility index (Phi) is 2.61. The number of amides is 1. The quantitative estimate of drug-likeness (QED) is 0.665. The number of allylic oxidation sites excluding steroid dienone is 2. The molecule has 0 bridgehead atoms.